The lowest BCUT2D eigenvalue weighted by molar-refractivity contribution is 0.0931. The van der Waals surface area contributed by atoms with Crippen LogP contribution in [0.25, 0.3) is 0 Å². The van der Waals surface area contributed by atoms with Gasteiger partial charge in [0.2, 0.25) is 0 Å². The number of hydrogen-bond acceptors (Lipinski definition) is 2. The number of rotatable bonds is 5. The molecule has 23 heavy (non-hydrogen) atoms. The molecule has 0 fully saturated rings. The molecule has 2 rings (SSSR count). The lowest BCUT2D eigenvalue weighted by atomic mass is 10.1. The van der Waals surface area contributed by atoms with Gasteiger partial charge in [0.1, 0.15) is 0 Å². The molecule has 0 bridgehead atoms. The molecule has 0 spiro atoms. The quantitative estimate of drug-likeness (QED) is 0.884. The van der Waals surface area contributed by atoms with E-state index in [4.69, 9.17) is 0 Å². The van der Waals surface area contributed by atoms with Crippen molar-refractivity contribution in [2.75, 3.05) is 5.32 Å². The molecule has 0 aliphatic carbocycles. The van der Waals surface area contributed by atoms with E-state index in [1.165, 1.54) is 0 Å². The highest BCUT2D eigenvalue weighted by molar-refractivity contribution is 6.09. The van der Waals surface area contributed by atoms with Crippen molar-refractivity contribution in [3.05, 3.63) is 65.7 Å². The first-order valence-electron chi connectivity index (χ1n) is 7.75. The molecule has 2 aromatic rings. The van der Waals surface area contributed by atoms with Crippen LogP contribution in [0.4, 0.5) is 5.69 Å². The first kappa shape index (κ1) is 16.7. The van der Waals surface area contributed by atoms with Crippen molar-refractivity contribution in [1.82, 2.24) is 5.32 Å². The molecule has 0 aliphatic rings. The van der Waals surface area contributed by atoms with Gasteiger partial charge in [0.05, 0.1) is 11.3 Å². The van der Waals surface area contributed by atoms with Crippen LogP contribution in [0.2, 0.25) is 0 Å². The van der Waals surface area contributed by atoms with Crippen molar-refractivity contribution in [3.63, 3.8) is 0 Å². The highest BCUT2D eigenvalue weighted by atomic mass is 16.2. The summed E-state index contributed by atoms with van der Waals surface area (Å²) in [6.45, 7) is 6.07. The average molecular weight is 310 g/mol. The summed E-state index contributed by atoms with van der Waals surface area (Å²) in [6, 6.07) is 16.0. The summed E-state index contributed by atoms with van der Waals surface area (Å²) in [5, 5.41) is 5.77. The van der Waals surface area contributed by atoms with E-state index < -0.39 is 0 Å². The van der Waals surface area contributed by atoms with Crippen molar-refractivity contribution >= 4 is 17.5 Å². The Labute approximate surface area is 136 Å². The smallest absolute Gasteiger partial charge is 0.255 e. The van der Waals surface area contributed by atoms with E-state index in [9.17, 15) is 9.59 Å². The molecule has 2 N–H and O–H groups in total. The van der Waals surface area contributed by atoms with E-state index in [0.717, 1.165) is 0 Å². The maximum absolute atomic E-state index is 12.4. The Bertz CT molecular complexity index is 681. The summed E-state index contributed by atoms with van der Waals surface area (Å²) in [6.07, 6.45) is 0. The highest BCUT2D eigenvalue weighted by Crippen LogP contribution is 2.17. The van der Waals surface area contributed by atoms with E-state index >= 15 is 0 Å². The third-order valence-corrected chi connectivity index (χ3v) is 3.81. The summed E-state index contributed by atoms with van der Waals surface area (Å²) in [5.41, 5.74) is 1.53. The van der Waals surface area contributed by atoms with Gasteiger partial charge in [-0.3, -0.25) is 9.59 Å². The normalized spacial score (nSPS) is 11.8. The van der Waals surface area contributed by atoms with Crippen LogP contribution in [0, 0.1) is 5.92 Å². The minimum atomic E-state index is -0.234. The van der Waals surface area contributed by atoms with Crippen molar-refractivity contribution in [3.8, 4) is 0 Å². The summed E-state index contributed by atoms with van der Waals surface area (Å²) in [4.78, 5) is 24.7. The van der Waals surface area contributed by atoms with Crippen LogP contribution in [0.5, 0.6) is 0 Å². The largest absolute Gasteiger partial charge is 0.349 e. The molecule has 2 amide bonds. The van der Waals surface area contributed by atoms with Crippen LogP contribution < -0.4 is 10.6 Å². The molecule has 0 radical (unpaired) electrons. The van der Waals surface area contributed by atoms with Crippen LogP contribution in [0.3, 0.4) is 0 Å². The summed E-state index contributed by atoms with van der Waals surface area (Å²) in [7, 11) is 0. The lowest BCUT2D eigenvalue weighted by Crippen LogP contribution is -2.36. The Balaban J connectivity index is 2.17. The minimum Gasteiger partial charge on any atom is -0.349 e. The Morgan fingerprint density at radius 2 is 1.43 bits per heavy atom. The van der Waals surface area contributed by atoms with Gasteiger partial charge >= 0.3 is 0 Å². The maximum Gasteiger partial charge on any atom is 0.255 e. The Hall–Kier alpha value is -2.62. The molecule has 0 saturated heterocycles. The number of hydrogen-bond donors (Lipinski definition) is 2. The molecule has 4 nitrogen and oxygen atoms in total. The van der Waals surface area contributed by atoms with E-state index in [0.29, 0.717) is 22.7 Å². The van der Waals surface area contributed by atoms with Gasteiger partial charge in [-0.15, -0.1) is 0 Å². The molecule has 0 aliphatic heterocycles. The fourth-order valence-corrected chi connectivity index (χ4v) is 2.03. The van der Waals surface area contributed by atoms with Gasteiger partial charge in [-0.2, -0.15) is 0 Å². The highest BCUT2D eigenvalue weighted by Gasteiger charge is 2.16. The Kier molecular flexibility index (Phi) is 5.52. The van der Waals surface area contributed by atoms with Gasteiger partial charge in [0.25, 0.3) is 11.8 Å². The third-order valence-electron chi connectivity index (χ3n) is 3.81. The predicted molar refractivity (Wildman–Crippen MR) is 92.6 cm³/mol. The first-order valence-corrected chi connectivity index (χ1v) is 7.75. The fourth-order valence-electron chi connectivity index (χ4n) is 2.03. The Morgan fingerprint density at radius 3 is 2.09 bits per heavy atom. The first-order chi connectivity index (χ1) is 11.0. The lowest BCUT2D eigenvalue weighted by Gasteiger charge is -2.18. The number of benzene rings is 2. The average Bonchev–Trinajstić information content (AvgIpc) is 2.55. The number of amides is 2. The number of nitrogens with one attached hydrogen (secondary N) is 2. The van der Waals surface area contributed by atoms with Crippen molar-refractivity contribution < 1.29 is 9.59 Å². The van der Waals surface area contributed by atoms with E-state index in [2.05, 4.69) is 10.6 Å². The number of anilines is 1. The van der Waals surface area contributed by atoms with Gasteiger partial charge in [0, 0.05) is 11.6 Å². The fraction of sp³-hybridized carbons (Fsp3) is 0.263. The second kappa shape index (κ2) is 7.58. The zero-order valence-corrected chi connectivity index (χ0v) is 13.7. The third kappa shape index (κ3) is 4.42. The van der Waals surface area contributed by atoms with Crippen LogP contribution in [-0.4, -0.2) is 17.9 Å². The molecule has 1 unspecified atom stereocenters. The number of carbonyl (C=O) groups excluding carboxylic acids is 2. The molecule has 0 aromatic heterocycles. The second-order valence-electron chi connectivity index (χ2n) is 5.87. The summed E-state index contributed by atoms with van der Waals surface area (Å²) < 4.78 is 0. The molecule has 2 aromatic carbocycles. The molecular formula is C19H22N2O2. The zero-order valence-electron chi connectivity index (χ0n) is 13.7. The van der Waals surface area contributed by atoms with Crippen molar-refractivity contribution in [2.45, 2.75) is 26.8 Å². The van der Waals surface area contributed by atoms with Crippen LogP contribution in [-0.2, 0) is 0 Å². The molecule has 120 valence electrons. The van der Waals surface area contributed by atoms with Gasteiger partial charge in [0.15, 0.2) is 0 Å². The molecule has 0 heterocycles. The van der Waals surface area contributed by atoms with Crippen LogP contribution in [0.15, 0.2) is 54.6 Å². The van der Waals surface area contributed by atoms with Gasteiger partial charge < -0.3 is 10.6 Å². The van der Waals surface area contributed by atoms with Crippen molar-refractivity contribution in [2.24, 2.45) is 5.92 Å². The van der Waals surface area contributed by atoms with Gasteiger partial charge in [-0.1, -0.05) is 44.2 Å². The molecular weight excluding hydrogens is 288 g/mol. The molecule has 0 saturated carbocycles. The van der Waals surface area contributed by atoms with Gasteiger partial charge in [-0.25, -0.2) is 0 Å². The predicted octanol–water partition coefficient (Wildman–Crippen LogP) is 3.71. The SMILES string of the molecule is CC(C)C(C)NC(=O)c1ccccc1NC(=O)c1ccccc1. The monoisotopic (exact) mass is 310 g/mol. The standard InChI is InChI=1S/C19H22N2O2/c1-13(2)14(3)20-19(23)16-11-7-8-12-17(16)21-18(22)15-9-5-4-6-10-15/h4-14H,1-3H3,(H,20,23)(H,21,22). The van der Waals surface area contributed by atoms with Gasteiger partial charge in [-0.05, 0) is 37.1 Å². The summed E-state index contributed by atoms with van der Waals surface area (Å²) >= 11 is 0. The van der Waals surface area contributed by atoms with Crippen molar-refractivity contribution in [1.29, 1.82) is 0 Å². The molecule has 4 heteroatoms. The molecule has 1 atom stereocenters. The Morgan fingerprint density at radius 1 is 0.826 bits per heavy atom. The minimum absolute atomic E-state index is 0.0559. The van der Waals surface area contributed by atoms with Crippen LogP contribution in [0.1, 0.15) is 41.5 Å². The van der Waals surface area contributed by atoms with E-state index in [1.807, 2.05) is 26.8 Å². The number of carbonyl (C=O) groups is 2. The van der Waals surface area contributed by atoms with E-state index in [-0.39, 0.29) is 17.9 Å². The zero-order chi connectivity index (χ0) is 16.8. The summed E-state index contributed by atoms with van der Waals surface area (Å²) in [5.74, 6) is -0.0806. The second-order valence-corrected chi connectivity index (χ2v) is 5.87. The maximum atomic E-state index is 12.4. The number of para-hydroxylation sites is 1. The van der Waals surface area contributed by atoms with Crippen LogP contribution >= 0.6 is 0 Å². The van der Waals surface area contributed by atoms with E-state index in [1.54, 1.807) is 48.5 Å². The topological polar surface area (TPSA) is 58.2 Å².